The molecule has 0 bridgehead atoms. The zero-order valence-electron chi connectivity index (χ0n) is 8.85. The monoisotopic (exact) mass is 237 g/mol. The van der Waals surface area contributed by atoms with E-state index in [0.717, 1.165) is 4.90 Å². The number of carbonyl (C=O) groups excluding carboxylic acids is 1. The van der Waals surface area contributed by atoms with E-state index >= 15 is 0 Å². The molecule has 1 aromatic heterocycles. The van der Waals surface area contributed by atoms with Crippen LogP contribution in [0.2, 0.25) is 0 Å². The van der Waals surface area contributed by atoms with Crippen molar-refractivity contribution in [2.24, 2.45) is 0 Å². The summed E-state index contributed by atoms with van der Waals surface area (Å²) in [5.74, 6) is -1.57. The number of likely N-dealkylation sites (tertiary alicyclic amines) is 1. The van der Waals surface area contributed by atoms with E-state index in [-0.39, 0.29) is 18.5 Å². The van der Waals surface area contributed by atoms with Gasteiger partial charge in [0.15, 0.2) is 0 Å². The molecule has 2 heterocycles. The number of carboxylic acid groups (broad SMARTS) is 1. The molecule has 7 nitrogen and oxygen atoms in total. The van der Waals surface area contributed by atoms with Crippen LogP contribution in [-0.2, 0) is 4.79 Å². The van der Waals surface area contributed by atoms with Crippen LogP contribution in [-0.4, -0.2) is 55.9 Å². The van der Waals surface area contributed by atoms with Crippen LogP contribution in [0.5, 0.6) is 0 Å². The minimum absolute atomic E-state index is 0.0259. The Hall–Kier alpha value is -2.02. The first-order valence-electron chi connectivity index (χ1n) is 5.08. The predicted molar refractivity (Wildman–Crippen MR) is 55.1 cm³/mol. The molecule has 2 N–H and O–H groups in total. The van der Waals surface area contributed by atoms with Crippen molar-refractivity contribution in [3.8, 4) is 0 Å². The Morgan fingerprint density at radius 3 is 2.76 bits per heavy atom. The molecule has 1 fully saturated rings. The fourth-order valence-corrected chi connectivity index (χ4v) is 1.86. The minimum Gasteiger partial charge on any atom is -0.480 e. The summed E-state index contributed by atoms with van der Waals surface area (Å²) in [4.78, 5) is 24.1. The van der Waals surface area contributed by atoms with Crippen molar-refractivity contribution in [3.63, 3.8) is 0 Å². The highest BCUT2D eigenvalue weighted by Crippen LogP contribution is 2.20. The van der Waals surface area contributed by atoms with E-state index in [2.05, 4.69) is 10.2 Å². The lowest BCUT2D eigenvalue weighted by Gasteiger charge is -2.20. The van der Waals surface area contributed by atoms with Gasteiger partial charge in [-0.05, 0) is 6.07 Å². The van der Waals surface area contributed by atoms with Gasteiger partial charge in [0, 0.05) is 13.0 Å². The van der Waals surface area contributed by atoms with E-state index in [1.807, 2.05) is 0 Å². The molecule has 0 radical (unpaired) electrons. The van der Waals surface area contributed by atoms with Crippen molar-refractivity contribution in [2.45, 2.75) is 18.6 Å². The Morgan fingerprint density at radius 2 is 2.18 bits per heavy atom. The molecule has 1 saturated heterocycles. The summed E-state index contributed by atoms with van der Waals surface area (Å²) >= 11 is 0. The van der Waals surface area contributed by atoms with E-state index in [1.165, 1.54) is 18.5 Å². The van der Waals surface area contributed by atoms with Crippen LogP contribution in [0.4, 0.5) is 0 Å². The summed E-state index contributed by atoms with van der Waals surface area (Å²) < 4.78 is 0. The van der Waals surface area contributed by atoms with Gasteiger partial charge in [-0.25, -0.2) is 4.79 Å². The Labute approximate surface area is 96.7 Å². The zero-order chi connectivity index (χ0) is 12.4. The van der Waals surface area contributed by atoms with E-state index in [9.17, 15) is 14.7 Å². The molecule has 0 aromatic carbocycles. The fourth-order valence-electron chi connectivity index (χ4n) is 1.86. The highest BCUT2D eigenvalue weighted by molar-refractivity contribution is 5.96. The van der Waals surface area contributed by atoms with Crippen molar-refractivity contribution >= 4 is 11.9 Å². The highest BCUT2D eigenvalue weighted by atomic mass is 16.4. The highest BCUT2D eigenvalue weighted by Gasteiger charge is 2.39. The van der Waals surface area contributed by atoms with Crippen LogP contribution in [0.3, 0.4) is 0 Å². The first kappa shape index (κ1) is 11.5. The lowest BCUT2D eigenvalue weighted by Crippen LogP contribution is -2.40. The van der Waals surface area contributed by atoms with E-state index in [0.29, 0.717) is 0 Å². The van der Waals surface area contributed by atoms with E-state index in [1.54, 1.807) is 0 Å². The van der Waals surface area contributed by atoms with Crippen molar-refractivity contribution in [2.75, 3.05) is 6.54 Å². The third-order valence-electron chi connectivity index (χ3n) is 2.66. The van der Waals surface area contributed by atoms with Crippen LogP contribution in [0.1, 0.15) is 16.8 Å². The summed E-state index contributed by atoms with van der Waals surface area (Å²) in [6, 6.07) is 0.476. The lowest BCUT2D eigenvalue weighted by molar-refractivity contribution is -0.141. The Balaban J connectivity index is 2.22. The summed E-state index contributed by atoms with van der Waals surface area (Å²) in [6.45, 7) is 0.0259. The molecule has 0 spiro atoms. The number of hydrogen-bond donors (Lipinski definition) is 2. The average molecular weight is 237 g/mol. The van der Waals surface area contributed by atoms with Crippen LogP contribution in [0.15, 0.2) is 18.5 Å². The Bertz CT molecular complexity index is 436. The molecule has 2 rings (SSSR count). The first-order chi connectivity index (χ1) is 8.09. The summed E-state index contributed by atoms with van der Waals surface area (Å²) in [6.07, 6.45) is 1.89. The van der Waals surface area contributed by atoms with Gasteiger partial charge in [-0.3, -0.25) is 4.79 Å². The Kier molecular flexibility index (Phi) is 3.01. The second-order valence-corrected chi connectivity index (χ2v) is 3.83. The van der Waals surface area contributed by atoms with Gasteiger partial charge in [-0.15, -0.1) is 0 Å². The first-order valence-corrected chi connectivity index (χ1v) is 5.08. The number of rotatable bonds is 2. The van der Waals surface area contributed by atoms with Gasteiger partial charge in [0.2, 0.25) is 0 Å². The van der Waals surface area contributed by atoms with Gasteiger partial charge >= 0.3 is 5.97 Å². The van der Waals surface area contributed by atoms with Crippen LogP contribution < -0.4 is 0 Å². The van der Waals surface area contributed by atoms with E-state index < -0.39 is 24.0 Å². The molecule has 17 heavy (non-hydrogen) atoms. The van der Waals surface area contributed by atoms with Crippen molar-refractivity contribution < 1.29 is 19.8 Å². The number of β-amino-alcohol motifs (C(OH)–C–C–N with tert-alkyl or cyclic N) is 1. The number of aliphatic carboxylic acids is 1. The molecule has 1 aliphatic rings. The minimum atomic E-state index is -1.11. The van der Waals surface area contributed by atoms with Crippen molar-refractivity contribution in [1.29, 1.82) is 0 Å². The maximum Gasteiger partial charge on any atom is 0.326 e. The number of carbonyl (C=O) groups is 2. The Morgan fingerprint density at radius 1 is 1.41 bits per heavy atom. The van der Waals surface area contributed by atoms with Gasteiger partial charge in [0.25, 0.3) is 5.91 Å². The molecule has 0 unspecified atom stereocenters. The number of carboxylic acids is 1. The quantitative estimate of drug-likeness (QED) is 0.693. The number of aromatic nitrogens is 2. The summed E-state index contributed by atoms with van der Waals surface area (Å²) in [5, 5.41) is 25.5. The third-order valence-corrected chi connectivity index (χ3v) is 2.66. The molecular formula is C10H11N3O4. The van der Waals surface area contributed by atoms with E-state index in [4.69, 9.17) is 5.11 Å². The number of hydrogen-bond acceptors (Lipinski definition) is 5. The lowest BCUT2D eigenvalue weighted by atomic mass is 10.2. The van der Waals surface area contributed by atoms with Crippen LogP contribution in [0, 0.1) is 0 Å². The third kappa shape index (κ3) is 2.23. The standard InChI is InChI=1S/C10H11N3O4/c14-7-3-8(10(16)17)13(5-7)9(15)6-1-2-11-12-4-6/h1-2,4,7-8,14H,3,5H2,(H,16,17)/t7-,8+/m1/s1. The SMILES string of the molecule is O=C(O)[C@@H]1C[C@@H](O)CN1C(=O)c1ccnnc1. The normalized spacial score (nSPS) is 23.7. The van der Waals surface area contributed by atoms with Crippen LogP contribution >= 0.6 is 0 Å². The molecule has 0 saturated carbocycles. The van der Waals surface area contributed by atoms with Gasteiger partial charge in [0.1, 0.15) is 6.04 Å². The second kappa shape index (κ2) is 4.46. The predicted octanol–water partition coefficient (Wildman–Crippen LogP) is -0.863. The topological polar surface area (TPSA) is 104 Å². The average Bonchev–Trinajstić information content (AvgIpc) is 2.72. The molecule has 7 heteroatoms. The summed E-state index contributed by atoms with van der Waals surface area (Å²) in [5.41, 5.74) is 0.264. The maximum atomic E-state index is 12.0. The molecule has 1 aromatic rings. The smallest absolute Gasteiger partial charge is 0.326 e. The van der Waals surface area contributed by atoms with Crippen molar-refractivity contribution in [1.82, 2.24) is 15.1 Å². The fraction of sp³-hybridized carbons (Fsp3) is 0.400. The summed E-state index contributed by atoms with van der Waals surface area (Å²) in [7, 11) is 0. The van der Waals surface area contributed by atoms with Gasteiger partial charge in [-0.1, -0.05) is 0 Å². The zero-order valence-corrected chi connectivity index (χ0v) is 8.85. The number of nitrogens with zero attached hydrogens (tertiary/aromatic N) is 3. The van der Waals surface area contributed by atoms with Crippen LogP contribution in [0.25, 0.3) is 0 Å². The largest absolute Gasteiger partial charge is 0.480 e. The number of aliphatic hydroxyl groups is 1. The molecule has 2 atom stereocenters. The second-order valence-electron chi connectivity index (χ2n) is 3.83. The molecule has 1 amide bonds. The molecule has 1 aliphatic heterocycles. The number of aliphatic hydroxyl groups excluding tert-OH is 1. The molecule has 0 aliphatic carbocycles. The van der Waals surface area contributed by atoms with Gasteiger partial charge in [0.05, 0.1) is 24.1 Å². The number of amides is 1. The van der Waals surface area contributed by atoms with Gasteiger partial charge < -0.3 is 15.1 Å². The van der Waals surface area contributed by atoms with Gasteiger partial charge in [-0.2, -0.15) is 10.2 Å². The maximum absolute atomic E-state index is 12.0. The molecule has 90 valence electrons. The molecular weight excluding hydrogens is 226 g/mol. The van der Waals surface area contributed by atoms with Crippen molar-refractivity contribution in [3.05, 3.63) is 24.0 Å².